The topological polar surface area (TPSA) is 56.1 Å². The molecule has 2 fully saturated rings. The molecule has 0 aromatic carbocycles. The second kappa shape index (κ2) is 5.35. The van der Waals surface area contributed by atoms with Gasteiger partial charge in [-0.3, -0.25) is 9.67 Å². The van der Waals surface area contributed by atoms with Crippen LogP contribution in [0.3, 0.4) is 0 Å². The Morgan fingerprint density at radius 1 is 1.23 bits per heavy atom. The summed E-state index contributed by atoms with van der Waals surface area (Å²) in [4.78, 5) is 10.9. The lowest BCUT2D eigenvalue weighted by atomic mass is 9.84. The number of piperidine rings is 1. The van der Waals surface area contributed by atoms with Gasteiger partial charge < -0.3 is 9.64 Å². The number of anilines is 1. The van der Waals surface area contributed by atoms with Gasteiger partial charge in [0.05, 0.1) is 24.6 Å². The van der Waals surface area contributed by atoms with Crippen LogP contribution in [0, 0.1) is 0 Å². The van der Waals surface area contributed by atoms with Gasteiger partial charge in [-0.05, 0) is 24.8 Å². The maximum Gasteiger partial charge on any atom is 0.147 e. The lowest BCUT2D eigenvalue weighted by Gasteiger charge is -2.39. The molecule has 6 nitrogen and oxygen atoms in total. The SMILES string of the molecule is Cn1cc(C2COC3(CCN(c4cnccn4)CC3)C2)cn1. The van der Waals surface area contributed by atoms with Crippen molar-refractivity contribution in [2.45, 2.75) is 30.8 Å². The smallest absolute Gasteiger partial charge is 0.147 e. The molecule has 2 saturated heterocycles. The Hall–Kier alpha value is -1.95. The van der Waals surface area contributed by atoms with Gasteiger partial charge in [-0.15, -0.1) is 0 Å². The first-order valence-corrected chi connectivity index (χ1v) is 7.88. The lowest BCUT2D eigenvalue weighted by Crippen LogP contribution is -2.44. The Labute approximate surface area is 130 Å². The van der Waals surface area contributed by atoms with Crippen molar-refractivity contribution in [3.8, 4) is 0 Å². The van der Waals surface area contributed by atoms with Gasteiger partial charge in [-0.2, -0.15) is 5.10 Å². The van der Waals surface area contributed by atoms with Crippen LogP contribution < -0.4 is 4.90 Å². The molecule has 6 heteroatoms. The van der Waals surface area contributed by atoms with Crippen molar-refractivity contribution in [2.75, 3.05) is 24.6 Å². The van der Waals surface area contributed by atoms with Crippen LogP contribution in [0.5, 0.6) is 0 Å². The van der Waals surface area contributed by atoms with E-state index in [1.807, 2.05) is 24.1 Å². The Balaban J connectivity index is 1.41. The standard InChI is InChI=1S/C16H21N5O/c1-20-11-14(9-19-20)13-8-16(22-12-13)2-6-21(7-3-16)15-10-17-4-5-18-15/h4-5,9-11,13H,2-3,6-8,12H2,1H3. The summed E-state index contributed by atoms with van der Waals surface area (Å²) in [6.07, 6.45) is 12.6. The molecule has 22 heavy (non-hydrogen) atoms. The third kappa shape index (κ3) is 2.47. The van der Waals surface area contributed by atoms with E-state index in [0.717, 1.165) is 44.8 Å². The molecule has 0 aliphatic carbocycles. The molecule has 1 spiro atoms. The van der Waals surface area contributed by atoms with Crippen molar-refractivity contribution in [2.24, 2.45) is 7.05 Å². The van der Waals surface area contributed by atoms with Gasteiger partial charge in [0.25, 0.3) is 0 Å². The fraction of sp³-hybridized carbons (Fsp3) is 0.562. The lowest BCUT2D eigenvalue weighted by molar-refractivity contribution is -0.0149. The molecule has 0 saturated carbocycles. The quantitative estimate of drug-likeness (QED) is 0.845. The number of aromatic nitrogens is 4. The Morgan fingerprint density at radius 2 is 2.09 bits per heavy atom. The summed E-state index contributed by atoms with van der Waals surface area (Å²) in [5.41, 5.74) is 1.34. The Bertz CT molecular complexity index is 633. The number of nitrogens with zero attached hydrogens (tertiary/aromatic N) is 5. The maximum atomic E-state index is 6.24. The van der Waals surface area contributed by atoms with E-state index in [-0.39, 0.29) is 5.60 Å². The number of ether oxygens (including phenoxy) is 1. The number of hydrogen-bond donors (Lipinski definition) is 0. The normalized spacial score (nSPS) is 24.0. The predicted octanol–water partition coefficient (Wildman–Crippen LogP) is 1.75. The molecule has 0 bridgehead atoms. The van der Waals surface area contributed by atoms with Crippen molar-refractivity contribution < 1.29 is 4.74 Å². The molecule has 2 aliphatic rings. The minimum atomic E-state index is 0.0409. The van der Waals surface area contributed by atoms with Gasteiger partial charge >= 0.3 is 0 Å². The summed E-state index contributed by atoms with van der Waals surface area (Å²) in [7, 11) is 1.97. The Morgan fingerprint density at radius 3 is 2.77 bits per heavy atom. The highest BCUT2D eigenvalue weighted by Gasteiger charge is 2.43. The Kier molecular flexibility index (Phi) is 3.33. The molecule has 0 amide bonds. The van der Waals surface area contributed by atoms with E-state index < -0.39 is 0 Å². The fourth-order valence-corrected chi connectivity index (χ4v) is 3.66. The molecule has 2 aromatic heterocycles. The minimum absolute atomic E-state index is 0.0409. The average molecular weight is 299 g/mol. The highest BCUT2D eigenvalue weighted by molar-refractivity contribution is 5.36. The van der Waals surface area contributed by atoms with Gasteiger partial charge in [-0.25, -0.2) is 4.98 Å². The number of hydrogen-bond acceptors (Lipinski definition) is 5. The summed E-state index contributed by atoms with van der Waals surface area (Å²) in [6, 6.07) is 0. The predicted molar refractivity (Wildman–Crippen MR) is 82.7 cm³/mol. The van der Waals surface area contributed by atoms with Crippen molar-refractivity contribution in [1.82, 2.24) is 19.7 Å². The zero-order valence-electron chi connectivity index (χ0n) is 12.9. The molecule has 4 heterocycles. The molecular weight excluding hydrogens is 278 g/mol. The summed E-state index contributed by atoms with van der Waals surface area (Å²) in [6.45, 7) is 2.79. The van der Waals surface area contributed by atoms with Gasteiger partial charge in [0.1, 0.15) is 5.82 Å². The summed E-state index contributed by atoms with van der Waals surface area (Å²) >= 11 is 0. The number of aryl methyl sites for hydroxylation is 1. The maximum absolute atomic E-state index is 6.24. The van der Waals surface area contributed by atoms with E-state index in [4.69, 9.17) is 4.74 Å². The largest absolute Gasteiger partial charge is 0.374 e. The van der Waals surface area contributed by atoms with Gasteiger partial charge in [0.15, 0.2) is 0 Å². The molecule has 2 aromatic rings. The first kappa shape index (κ1) is 13.7. The van der Waals surface area contributed by atoms with E-state index >= 15 is 0 Å². The highest BCUT2D eigenvalue weighted by atomic mass is 16.5. The van der Waals surface area contributed by atoms with Crippen LogP contribution >= 0.6 is 0 Å². The monoisotopic (exact) mass is 299 g/mol. The van der Waals surface area contributed by atoms with Crippen LogP contribution in [0.15, 0.2) is 31.0 Å². The molecular formula is C16H21N5O. The van der Waals surface area contributed by atoms with Crippen LogP contribution in [-0.2, 0) is 11.8 Å². The van der Waals surface area contributed by atoms with Crippen LogP contribution in [0.4, 0.5) is 5.82 Å². The molecule has 116 valence electrons. The second-order valence-corrected chi connectivity index (χ2v) is 6.39. The first-order chi connectivity index (χ1) is 10.7. The second-order valence-electron chi connectivity index (χ2n) is 6.39. The third-order valence-corrected chi connectivity index (χ3v) is 4.95. The van der Waals surface area contributed by atoms with Gasteiger partial charge in [0, 0.05) is 44.6 Å². The zero-order valence-corrected chi connectivity index (χ0v) is 12.9. The minimum Gasteiger partial charge on any atom is -0.374 e. The van der Waals surface area contributed by atoms with Crippen molar-refractivity contribution in [3.63, 3.8) is 0 Å². The first-order valence-electron chi connectivity index (χ1n) is 7.88. The van der Waals surface area contributed by atoms with Gasteiger partial charge in [-0.1, -0.05) is 0 Å². The summed E-state index contributed by atoms with van der Waals surface area (Å²) in [5.74, 6) is 1.45. The van der Waals surface area contributed by atoms with Crippen molar-refractivity contribution in [1.29, 1.82) is 0 Å². The molecule has 1 atom stereocenters. The van der Waals surface area contributed by atoms with Crippen LogP contribution in [0.1, 0.15) is 30.7 Å². The molecule has 1 unspecified atom stereocenters. The van der Waals surface area contributed by atoms with Crippen molar-refractivity contribution >= 4 is 5.82 Å². The molecule has 2 aliphatic heterocycles. The molecule has 0 radical (unpaired) electrons. The molecule has 4 rings (SSSR count). The summed E-state index contributed by atoms with van der Waals surface area (Å²) < 4.78 is 8.11. The molecule has 0 N–H and O–H groups in total. The van der Waals surface area contributed by atoms with Crippen molar-refractivity contribution in [3.05, 3.63) is 36.5 Å². The highest BCUT2D eigenvalue weighted by Crippen LogP contribution is 2.42. The van der Waals surface area contributed by atoms with E-state index in [1.54, 1.807) is 12.4 Å². The van der Waals surface area contributed by atoms with E-state index in [2.05, 4.69) is 26.2 Å². The van der Waals surface area contributed by atoms with Crippen LogP contribution in [0.2, 0.25) is 0 Å². The fourth-order valence-electron chi connectivity index (χ4n) is 3.66. The summed E-state index contributed by atoms with van der Waals surface area (Å²) in [5, 5.41) is 4.28. The van der Waals surface area contributed by atoms with E-state index in [9.17, 15) is 0 Å². The van der Waals surface area contributed by atoms with E-state index in [0.29, 0.717) is 5.92 Å². The van der Waals surface area contributed by atoms with Crippen LogP contribution in [-0.4, -0.2) is 45.0 Å². The van der Waals surface area contributed by atoms with Gasteiger partial charge in [0.2, 0.25) is 0 Å². The zero-order chi connectivity index (χ0) is 15.0. The average Bonchev–Trinajstić information content (AvgIpc) is 3.16. The number of rotatable bonds is 2. The third-order valence-electron chi connectivity index (χ3n) is 4.95. The van der Waals surface area contributed by atoms with Crippen LogP contribution in [0.25, 0.3) is 0 Å². The van der Waals surface area contributed by atoms with E-state index in [1.165, 1.54) is 5.56 Å².